The number of Topliss-reactive ketones (excluding diaryl/α,β-unsaturated/α-hetero) is 1. The van der Waals surface area contributed by atoms with Crippen LogP contribution in [0, 0.1) is 0 Å². The second kappa shape index (κ2) is 7.17. The standard InChI is InChI=1S/C24H23N3O2/c1-24(2,3)16-12-14-17(15-13-16)27-23(29)19-9-5-4-8-18(19)22(26-27)25-20-10-6-7-11-21(20)28/h4-10,12-15H,11H2,1-3H3,(H,25,26). The zero-order valence-corrected chi connectivity index (χ0v) is 16.8. The zero-order valence-electron chi connectivity index (χ0n) is 16.8. The van der Waals surface area contributed by atoms with E-state index in [9.17, 15) is 9.59 Å². The minimum absolute atomic E-state index is 0.00865. The summed E-state index contributed by atoms with van der Waals surface area (Å²) in [7, 11) is 0. The molecule has 0 aliphatic heterocycles. The van der Waals surface area contributed by atoms with Gasteiger partial charge in [-0.1, -0.05) is 63.3 Å². The molecule has 2 aromatic carbocycles. The Morgan fingerprint density at radius 3 is 2.31 bits per heavy atom. The number of carbonyl (C=O) groups is 1. The van der Waals surface area contributed by atoms with Gasteiger partial charge in [-0.2, -0.15) is 4.68 Å². The maximum Gasteiger partial charge on any atom is 0.279 e. The summed E-state index contributed by atoms with van der Waals surface area (Å²) in [6, 6.07) is 15.1. The molecule has 1 N–H and O–H groups in total. The summed E-state index contributed by atoms with van der Waals surface area (Å²) in [4.78, 5) is 25.3. The van der Waals surface area contributed by atoms with Gasteiger partial charge in [-0.25, -0.2) is 0 Å². The van der Waals surface area contributed by atoms with E-state index in [1.165, 1.54) is 10.2 Å². The van der Waals surface area contributed by atoms with Crippen LogP contribution in [0.25, 0.3) is 16.5 Å². The average Bonchev–Trinajstić information content (AvgIpc) is 2.71. The fraction of sp³-hybridized carbons (Fsp3) is 0.208. The zero-order chi connectivity index (χ0) is 20.6. The molecule has 0 radical (unpaired) electrons. The number of allylic oxidation sites excluding steroid dienone is 4. The SMILES string of the molecule is CC(C)(C)c1ccc(-n2nc(NC3=CC=CCC3=O)c3ccccc3c2=O)cc1. The number of carbonyl (C=O) groups excluding carboxylic acids is 1. The van der Waals surface area contributed by atoms with Gasteiger partial charge in [0.05, 0.1) is 16.8 Å². The Morgan fingerprint density at radius 2 is 1.66 bits per heavy atom. The van der Waals surface area contributed by atoms with Gasteiger partial charge in [-0.15, -0.1) is 5.10 Å². The summed E-state index contributed by atoms with van der Waals surface area (Å²) < 4.78 is 1.39. The molecule has 3 aromatic rings. The number of anilines is 1. The molecule has 0 fully saturated rings. The van der Waals surface area contributed by atoms with E-state index in [-0.39, 0.29) is 16.8 Å². The highest BCUT2D eigenvalue weighted by Gasteiger charge is 2.17. The van der Waals surface area contributed by atoms with E-state index >= 15 is 0 Å². The van der Waals surface area contributed by atoms with Crippen molar-refractivity contribution >= 4 is 22.4 Å². The molecule has 0 saturated carbocycles. The van der Waals surface area contributed by atoms with Crippen molar-refractivity contribution in [2.45, 2.75) is 32.6 Å². The molecule has 1 aromatic heterocycles. The molecule has 1 aliphatic rings. The molecule has 1 heterocycles. The Labute approximate surface area is 169 Å². The van der Waals surface area contributed by atoms with E-state index in [1.807, 2.05) is 54.6 Å². The topological polar surface area (TPSA) is 64.0 Å². The van der Waals surface area contributed by atoms with Crippen LogP contribution in [0.5, 0.6) is 0 Å². The van der Waals surface area contributed by atoms with Crippen LogP contribution in [0.4, 0.5) is 5.82 Å². The molecule has 5 nitrogen and oxygen atoms in total. The summed E-state index contributed by atoms with van der Waals surface area (Å²) in [5.41, 5.74) is 2.16. The highest BCUT2D eigenvalue weighted by molar-refractivity contribution is 6.02. The van der Waals surface area contributed by atoms with Crippen LogP contribution in [0.15, 0.2) is 77.3 Å². The molecule has 0 unspecified atom stereocenters. The van der Waals surface area contributed by atoms with Gasteiger partial charge >= 0.3 is 0 Å². The number of ketones is 1. The van der Waals surface area contributed by atoms with Gasteiger partial charge in [0.1, 0.15) is 0 Å². The van der Waals surface area contributed by atoms with Crippen LogP contribution in [-0.2, 0) is 10.2 Å². The second-order valence-electron chi connectivity index (χ2n) is 8.17. The second-order valence-corrected chi connectivity index (χ2v) is 8.17. The number of benzene rings is 2. The van der Waals surface area contributed by atoms with Gasteiger partial charge in [0.2, 0.25) is 0 Å². The third-order valence-electron chi connectivity index (χ3n) is 5.04. The Hall–Kier alpha value is -3.47. The first-order valence-electron chi connectivity index (χ1n) is 9.64. The molecule has 1 aliphatic carbocycles. The van der Waals surface area contributed by atoms with E-state index in [0.29, 0.717) is 34.4 Å². The number of hydrogen-bond acceptors (Lipinski definition) is 4. The van der Waals surface area contributed by atoms with Crippen molar-refractivity contribution in [1.29, 1.82) is 0 Å². The maximum atomic E-state index is 13.1. The van der Waals surface area contributed by atoms with Crippen LogP contribution >= 0.6 is 0 Å². The van der Waals surface area contributed by atoms with Crippen molar-refractivity contribution in [2.75, 3.05) is 5.32 Å². The molecular weight excluding hydrogens is 362 g/mol. The van der Waals surface area contributed by atoms with Crippen molar-refractivity contribution < 1.29 is 4.79 Å². The van der Waals surface area contributed by atoms with E-state index in [0.717, 1.165) is 0 Å². The maximum absolute atomic E-state index is 13.1. The molecule has 4 rings (SSSR count). The van der Waals surface area contributed by atoms with Crippen molar-refractivity contribution in [3.63, 3.8) is 0 Å². The smallest absolute Gasteiger partial charge is 0.279 e. The average molecular weight is 385 g/mol. The molecule has 29 heavy (non-hydrogen) atoms. The van der Waals surface area contributed by atoms with Gasteiger partial charge in [0.25, 0.3) is 5.56 Å². The lowest BCUT2D eigenvalue weighted by Gasteiger charge is -2.19. The Morgan fingerprint density at radius 1 is 0.966 bits per heavy atom. The molecule has 146 valence electrons. The lowest BCUT2D eigenvalue weighted by Crippen LogP contribution is -2.24. The largest absolute Gasteiger partial charge is 0.335 e. The van der Waals surface area contributed by atoms with Crippen LogP contribution in [-0.4, -0.2) is 15.6 Å². The third-order valence-corrected chi connectivity index (χ3v) is 5.04. The molecule has 0 atom stereocenters. The van der Waals surface area contributed by atoms with E-state index < -0.39 is 0 Å². The first-order chi connectivity index (χ1) is 13.8. The first-order valence-corrected chi connectivity index (χ1v) is 9.64. The molecule has 0 spiro atoms. The number of aromatic nitrogens is 2. The normalized spacial score (nSPS) is 14.2. The summed E-state index contributed by atoms with van der Waals surface area (Å²) in [5.74, 6) is 0.473. The number of nitrogens with one attached hydrogen (secondary N) is 1. The first kappa shape index (κ1) is 18.9. The molecule has 0 bridgehead atoms. The Kier molecular flexibility index (Phi) is 4.66. The number of fused-ring (bicyclic) bond motifs is 1. The summed E-state index contributed by atoms with van der Waals surface area (Å²) in [6.45, 7) is 6.44. The lowest BCUT2D eigenvalue weighted by molar-refractivity contribution is -0.114. The van der Waals surface area contributed by atoms with E-state index in [1.54, 1.807) is 12.1 Å². The van der Waals surface area contributed by atoms with Crippen LogP contribution in [0.3, 0.4) is 0 Å². The van der Waals surface area contributed by atoms with Crippen LogP contribution in [0.2, 0.25) is 0 Å². The van der Waals surface area contributed by atoms with Crippen LogP contribution < -0.4 is 10.9 Å². The monoisotopic (exact) mass is 385 g/mol. The molecule has 5 heteroatoms. The predicted molar refractivity (Wildman–Crippen MR) is 117 cm³/mol. The van der Waals surface area contributed by atoms with Gasteiger partial charge in [0.15, 0.2) is 11.6 Å². The van der Waals surface area contributed by atoms with Crippen molar-refractivity contribution in [1.82, 2.24) is 9.78 Å². The highest BCUT2D eigenvalue weighted by Crippen LogP contribution is 2.25. The minimum Gasteiger partial charge on any atom is -0.335 e. The van der Waals surface area contributed by atoms with E-state index in [2.05, 4.69) is 31.2 Å². The quantitative estimate of drug-likeness (QED) is 0.721. The summed E-state index contributed by atoms with van der Waals surface area (Å²) >= 11 is 0. The highest BCUT2D eigenvalue weighted by atomic mass is 16.1. The number of hydrogen-bond donors (Lipinski definition) is 1. The predicted octanol–water partition coefficient (Wildman–Crippen LogP) is 4.51. The van der Waals surface area contributed by atoms with Crippen LogP contribution in [0.1, 0.15) is 32.8 Å². The van der Waals surface area contributed by atoms with Gasteiger partial charge in [0, 0.05) is 11.8 Å². The number of rotatable bonds is 3. The molecule has 0 amide bonds. The van der Waals surface area contributed by atoms with Gasteiger partial charge in [-0.05, 0) is 35.3 Å². The lowest BCUT2D eigenvalue weighted by atomic mass is 9.87. The molecule has 0 saturated heterocycles. The summed E-state index contributed by atoms with van der Waals surface area (Å²) in [6.07, 6.45) is 5.74. The van der Waals surface area contributed by atoms with Gasteiger partial charge in [-0.3, -0.25) is 9.59 Å². The van der Waals surface area contributed by atoms with E-state index in [4.69, 9.17) is 0 Å². The fourth-order valence-electron chi connectivity index (χ4n) is 3.34. The van der Waals surface area contributed by atoms with Gasteiger partial charge < -0.3 is 5.32 Å². The summed E-state index contributed by atoms with van der Waals surface area (Å²) in [5, 5.41) is 8.93. The fourth-order valence-corrected chi connectivity index (χ4v) is 3.34. The third kappa shape index (κ3) is 3.63. The Balaban J connectivity index is 1.86. The van der Waals surface area contributed by atoms with Crippen molar-refractivity contribution in [3.8, 4) is 5.69 Å². The van der Waals surface area contributed by atoms with Crippen molar-refractivity contribution in [3.05, 3.63) is 88.4 Å². The van der Waals surface area contributed by atoms with Crippen molar-refractivity contribution in [2.24, 2.45) is 0 Å². The minimum atomic E-state index is -0.196. The number of nitrogens with zero attached hydrogens (tertiary/aromatic N) is 2. The molecular formula is C24H23N3O2. The Bertz CT molecular complexity index is 1210.